The van der Waals surface area contributed by atoms with Gasteiger partial charge in [0, 0.05) is 53.7 Å². The molecule has 2 unspecified atom stereocenters. The van der Waals surface area contributed by atoms with E-state index in [9.17, 15) is 8.42 Å². The number of nitrogens with zero attached hydrogens (tertiary/aromatic N) is 2. The Morgan fingerprint density at radius 2 is 1.94 bits per heavy atom. The number of sulfonamides is 1. The van der Waals surface area contributed by atoms with E-state index in [1.54, 1.807) is 30.6 Å². The van der Waals surface area contributed by atoms with Gasteiger partial charge < -0.3 is 15.0 Å². The van der Waals surface area contributed by atoms with Crippen LogP contribution in [-0.2, 0) is 10.0 Å². The Bertz CT molecular complexity index is 1140. The number of aromatic nitrogens is 1. The zero-order valence-corrected chi connectivity index (χ0v) is 19.3. The SMILES string of the molecule is COc1ccc(N2CC(C)NC(C)C2)cc1NS(=O)(=O)c1ccc(-c2cccnc2)s1. The van der Waals surface area contributed by atoms with Crippen molar-refractivity contribution in [1.82, 2.24) is 10.3 Å². The summed E-state index contributed by atoms with van der Waals surface area (Å²) in [6, 6.07) is 13.5. The third kappa shape index (κ3) is 4.84. The standard InChI is InChI=1S/C22H26N4O3S2/c1-15-13-26(14-16(2)24-15)18-6-7-20(29-3)19(11-18)25-31(27,28)22-9-8-21(30-22)17-5-4-10-23-12-17/h4-12,15-16,24-25H,13-14H2,1-3H3. The van der Waals surface area contributed by atoms with Gasteiger partial charge in [0.15, 0.2) is 0 Å². The number of thiophene rings is 1. The Morgan fingerprint density at radius 1 is 1.16 bits per heavy atom. The van der Waals surface area contributed by atoms with Gasteiger partial charge in [-0.25, -0.2) is 8.42 Å². The van der Waals surface area contributed by atoms with Gasteiger partial charge in [-0.05, 0) is 50.2 Å². The molecule has 0 radical (unpaired) electrons. The van der Waals surface area contributed by atoms with Gasteiger partial charge in [-0.15, -0.1) is 11.3 Å². The maximum Gasteiger partial charge on any atom is 0.271 e. The van der Waals surface area contributed by atoms with Gasteiger partial charge in [0.05, 0.1) is 12.8 Å². The lowest BCUT2D eigenvalue weighted by molar-refractivity contribution is 0.406. The number of methoxy groups -OCH3 is 1. The molecule has 4 rings (SSSR count). The molecular weight excluding hydrogens is 432 g/mol. The summed E-state index contributed by atoms with van der Waals surface area (Å²) < 4.78 is 34.6. The van der Waals surface area contributed by atoms with Crippen LogP contribution in [0.3, 0.4) is 0 Å². The Balaban J connectivity index is 1.61. The summed E-state index contributed by atoms with van der Waals surface area (Å²) in [5, 5.41) is 3.51. The van der Waals surface area contributed by atoms with E-state index in [0.717, 1.165) is 29.2 Å². The van der Waals surface area contributed by atoms with Gasteiger partial charge in [-0.3, -0.25) is 9.71 Å². The van der Waals surface area contributed by atoms with E-state index in [2.05, 4.69) is 33.8 Å². The van der Waals surface area contributed by atoms with Gasteiger partial charge in [-0.1, -0.05) is 6.07 Å². The van der Waals surface area contributed by atoms with Crippen molar-refractivity contribution in [2.45, 2.75) is 30.1 Å². The Morgan fingerprint density at radius 3 is 2.61 bits per heavy atom. The van der Waals surface area contributed by atoms with Crippen molar-refractivity contribution in [3.8, 4) is 16.2 Å². The van der Waals surface area contributed by atoms with Crippen molar-refractivity contribution < 1.29 is 13.2 Å². The minimum absolute atomic E-state index is 0.239. The Kier molecular flexibility index (Phi) is 6.17. The molecule has 2 N–H and O–H groups in total. The van der Waals surface area contributed by atoms with E-state index >= 15 is 0 Å². The first-order valence-corrected chi connectivity index (χ1v) is 12.4. The predicted octanol–water partition coefficient (Wildman–Crippen LogP) is 3.81. The molecule has 1 fully saturated rings. The van der Waals surface area contributed by atoms with Crippen LogP contribution in [0.1, 0.15) is 13.8 Å². The minimum atomic E-state index is -3.76. The van der Waals surface area contributed by atoms with Crippen LogP contribution in [0.2, 0.25) is 0 Å². The number of anilines is 2. The van der Waals surface area contributed by atoms with Crippen LogP contribution in [0.4, 0.5) is 11.4 Å². The van der Waals surface area contributed by atoms with Gasteiger partial charge in [-0.2, -0.15) is 0 Å². The molecular formula is C22H26N4O3S2. The molecule has 1 aliphatic rings. The van der Waals surface area contributed by atoms with E-state index in [1.807, 2.05) is 24.3 Å². The normalized spacial score (nSPS) is 19.3. The van der Waals surface area contributed by atoms with Gasteiger partial charge in [0.25, 0.3) is 10.0 Å². The number of nitrogens with one attached hydrogen (secondary N) is 2. The molecule has 31 heavy (non-hydrogen) atoms. The highest BCUT2D eigenvalue weighted by atomic mass is 32.2. The number of piperazine rings is 1. The molecule has 2 aromatic heterocycles. The molecule has 0 bridgehead atoms. The maximum atomic E-state index is 13.1. The number of pyridine rings is 1. The number of hydrogen-bond donors (Lipinski definition) is 2. The molecule has 0 saturated carbocycles. The molecule has 9 heteroatoms. The summed E-state index contributed by atoms with van der Waals surface area (Å²) in [5.74, 6) is 0.479. The Labute approximate surface area is 187 Å². The van der Waals surface area contributed by atoms with Crippen LogP contribution in [-0.4, -0.2) is 45.7 Å². The largest absolute Gasteiger partial charge is 0.495 e. The maximum absolute atomic E-state index is 13.1. The molecule has 1 saturated heterocycles. The molecule has 3 heterocycles. The summed E-state index contributed by atoms with van der Waals surface area (Å²) in [6.45, 7) is 5.99. The first kappa shape index (κ1) is 21.6. The van der Waals surface area contributed by atoms with Crippen molar-refractivity contribution >= 4 is 32.7 Å². The van der Waals surface area contributed by atoms with Gasteiger partial charge >= 0.3 is 0 Å². The smallest absolute Gasteiger partial charge is 0.271 e. The first-order valence-electron chi connectivity index (χ1n) is 10.1. The van der Waals surface area contributed by atoms with Crippen LogP contribution >= 0.6 is 11.3 Å². The molecule has 0 spiro atoms. The third-order valence-electron chi connectivity index (χ3n) is 5.14. The number of hydrogen-bond acceptors (Lipinski definition) is 7. The van der Waals surface area contributed by atoms with Crippen molar-refractivity contribution in [3.63, 3.8) is 0 Å². The fraction of sp³-hybridized carbons (Fsp3) is 0.318. The highest BCUT2D eigenvalue weighted by Gasteiger charge is 2.24. The average molecular weight is 459 g/mol. The highest BCUT2D eigenvalue weighted by molar-refractivity contribution is 7.94. The molecule has 1 aliphatic heterocycles. The molecule has 1 aromatic carbocycles. The van der Waals surface area contributed by atoms with Crippen LogP contribution in [0.15, 0.2) is 59.1 Å². The van der Waals surface area contributed by atoms with E-state index in [0.29, 0.717) is 23.5 Å². The van der Waals surface area contributed by atoms with Crippen molar-refractivity contribution in [3.05, 3.63) is 54.9 Å². The summed E-state index contributed by atoms with van der Waals surface area (Å²) in [7, 11) is -2.23. The summed E-state index contributed by atoms with van der Waals surface area (Å²) in [4.78, 5) is 7.21. The van der Waals surface area contributed by atoms with Crippen molar-refractivity contribution in [1.29, 1.82) is 0 Å². The molecule has 0 aliphatic carbocycles. The predicted molar refractivity (Wildman–Crippen MR) is 126 cm³/mol. The molecule has 3 aromatic rings. The second-order valence-electron chi connectivity index (χ2n) is 7.72. The summed E-state index contributed by atoms with van der Waals surface area (Å²) in [6.07, 6.45) is 3.41. The lowest BCUT2D eigenvalue weighted by atomic mass is 10.1. The molecule has 0 amide bonds. The number of ether oxygens (including phenoxy) is 1. The van der Waals surface area contributed by atoms with Gasteiger partial charge in [0.2, 0.25) is 0 Å². The molecule has 7 nitrogen and oxygen atoms in total. The van der Waals surface area contributed by atoms with Crippen molar-refractivity contribution in [2.75, 3.05) is 29.8 Å². The fourth-order valence-corrected chi connectivity index (χ4v) is 6.19. The van der Waals surface area contributed by atoms with E-state index in [1.165, 1.54) is 18.4 Å². The second kappa shape index (κ2) is 8.86. The highest BCUT2D eigenvalue weighted by Crippen LogP contribution is 2.35. The topological polar surface area (TPSA) is 83.6 Å². The summed E-state index contributed by atoms with van der Waals surface area (Å²) >= 11 is 1.21. The van der Waals surface area contributed by atoms with Crippen molar-refractivity contribution in [2.24, 2.45) is 0 Å². The second-order valence-corrected chi connectivity index (χ2v) is 10.7. The summed E-state index contributed by atoms with van der Waals surface area (Å²) in [5.41, 5.74) is 2.27. The zero-order valence-electron chi connectivity index (χ0n) is 17.7. The number of benzene rings is 1. The van der Waals surface area contributed by atoms with Crippen LogP contribution in [0.5, 0.6) is 5.75 Å². The van der Waals surface area contributed by atoms with Crippen LogP contribution < -0.4 is 19.7 Å². The van der Waals surface area contributed by atoms with Crippen LogP contribution in [0.25, 0.3) is 10.4 Å². The van der Waals surface area contributed by atoms with E-state index in [4.69, 9.17) is 4.74 Å². The fourth-order valence-electron chi connectivity index (χ4n) is 3.83. The van der Waals surface area contributed by atoms with Gasteiger partial charge in [0.1, 0.15) is 9.96 Å². The Hall–Kier alpha value is -2.62. The average Bonchev–Trinajstić information content (AvgIpc) is 3.25. The third-order valence-corrected chi connectivity index (χ3v) is 8.13. The quantitative estimate of drug-likeness (QED) is 0.585. The molecule has 164 valence electrons. The lowest BCUT2D eigenvalue weighted by Crippen LogP contribution is -2.54. The monoisotopic (exact) mass is 458 g/mol. The number of rotatable bonds is 6. The van der Waals surface area contributed by atoms with E-state index < -0.39 is 10.0 Å². The molecule has 2 atom stereocenters. The van der Waals surface area contributed by atoms with E-state index in [-0.39, 0.29) is 4.21 Å². The first-order chi connectivity index (χ1) is 14.9. The zero-order chi connectivity index (χ0) is 22.0. The van der Waals surface area contributed by atoms with Crippen LogP contribution in [0, 0.1) is 0 Å². The lowest BCUT2D eigenvalue weighted by Gasteiger charge is -2.38. The minimum Gasteiger partial charge on any atom is -0.495 e.